The smallest absolute Gasteiger partial charge is 0.246 e. The first-order chi connectivity index (χ1) is 10.6. The van der Waals surface area contributed by atoms with Gasteiger partial charge in [0, 0.05) is 13.1 Å². The molecule has 1 aromatic carbocycles. The lowest BCUT2D eigenvalue weighted by molar-refractivity contribution is -0.125. The van der Waals surface area contributed by atoms with E-state index in [-0.39, 0.29) is 18.3 Å². The zero-order chi connectivity index (χ0) is 15.9. The molecule has 2 aromatic rings. The number of carbonyl (C=O) groups is 1. The number of likely N-dealkylation sites (N-methyl/N-ethyl adjacent to an activating group) is 1. The summed E-state index contributed by atoms with van der Waals surface area (Å²) in [4.78, 5) is 13.4. The molecule has 0 unspecified atom stereocenters. The maximum absolute atomic E-state index is 13.4. The molecule has 0 radical (unpaired) electrons. The summed E-state index contributed by atoms with van der Waals surface area (Å²) in [6, 6.07) is 9.80. The second-order valence-electron chi connectivity index (χ2n) is 4.82. The number of amides is 1. The second kappa shape index (κ2) is 7.45. The molecule has 1 amide bonds. The van der Waals surface area contributed by atoms with E-state index >= 15 is 0 Å². The van der Waals surface area contributed by atoms with Crippen molar-refractivity contribution >= 4 is 12.0 Å². The van der Waals surface area contributed by atoms with E-state index in [2.05, 4.69) is 0 Å². The van der Waals surface area contributed by atoms with E-state index in [4.69, 9.17) is 9.15 Å². The number of benzene rings is 1. The van der Waals surface area contributed by atoms with Gasteiger partial charge in [0.25, 0.3) is 0 Å². The van der Waals surface area contributed by atoms with Crippen molar-refractivity contribution in [1.29, 1.82) is 0 Å². The fraction of sp³-hybridized carbons (Fsp3) is 0.235. The Morgan fingerprint density at radius 2 is 2.09 bits per heavy atom. The molecule has 0 N–H and O–H groups in total. The van der Waals surface area contributed by atoms with Crippen LogP contribution in [0.1, 0.15) is 11.5 Å². The van der Waals surface area contributed by atoms with Crippen molar-refractivity contribution in [1.82, 2.24) is 4.90 Å². The maximum atomic E-state index is 13.4. The molecule has 116 valence electrons. The summed E-state index contributed by atoms with van der Waals surface area (Å²) in [5.41, 5.74) is 0. The highest BCUT2D eigenvalue weighted by Gasteiger charge is 2.07. The highest BCUT2D eigenvalue weighted by Crippen LogP contribution is 2.15. The molecule has 0 saturated heterocycles. The van der Waals surface area contributed by atoms with Crippen LogP contribution in [0.5, 0.6) is 5.75 Å². The van der Waals surface area contributed by atoms with Gasteiger partial charge in [-0.1, -0.05) is 12.1 Å². The maximum Gasteiger partial charge on any atom is 0.246 e. The van der Waals surface area contributed by atoms with Gasteiger partial charge in [0.15, 0.2) is 11.6 Å². The highest BCUT2D eigenvalue weighted by atomic mass is 19.1. The van der Waals surface area contributed by atoms with Gasteiger partial charge in [-0.3, -0.25) is 4.79 Å². The predicted octanol–water partition coefficient (Wildman–Crippen LogP) is 3.28. The molecule has 22 heavy (non-hydrogen) atoms. The third-order valence-electron chi connectivity index (χ3n) is 3.05. The molecule has 0 aliphatic heterocycles. The Labute approximate surface area is 128 Å². The number of carbonyl (C=O) groups excluding carboxylic acids is 1. The van der Waals surface area contributed by atoms with Crippen molar-refractivity contribution in [2.24, 2.45) is 0 Å². The lowest BCUT2D eigenvalue weighted by Crippen LogP contribution is -2.29. The normalized spacial score (nSPS) is 10.9. The number of halogens is 1. The van der Waals surface area contributed by atoms with E-state index in [1.165, 1.54) is 17.0 Å². The van der Waals surface area contributed by atoms with Crippen LogP contribution < -0.4 is 4.74 Å². The first-order valence-corrected chi connectivity index (χ1v) is 6.93. The van der Waals surface area contributed by atoms with Crippen LogP contribution in [0.3, 0.4) is 0 Å². The summed E-state index contributed by atoms with van der Waals surface area (Å²) >= 11 is 0. The van der Waals surface area contributed by atoms with Gasteiger partial charge in [-0.15, -0.1) is 0 Å². The van der Waals surface area contributed by atoms with Crippen LogP contribution in [-0.4, -0.2) is 31.0 Å². The van der Waals surface area contributed by atoms with Gasteiger partial charge in [0.2, 0.25) is 5.91 Å². The molecule has 0 bridgehead atoms. The number of ether oxygens (including phenoxy) is 1. The van der Waals surface area contributed by atoms with Gasteiger partial charge in [-0.05, 0) is 37.3 Å². The molecule has 4 nitrogen and oxygen atoms in total. The number of hydrogen-bond donors (Lipinski definition) is 0. The summed E-state index contributed by atoms with van der Waals surface area (Å²) < 4.78 is 24.0. The monoisotopic (exact) mass is 303 g/mol. The molecule has 2 rings (SSSR count). The molecule has 1 heterocycles. The number of nitrogens with zero attached hydrogens (tertiary/aromatic N) is 1. The average Bonchev–Trinajstić information content (AvgIpc) is 2.92. The minimum absolute atomic E-state index is 0.175. The summed E-state index contributed by atoms with van der Waals surface area (Å²) in [5.74, 6) is 1.02. The summed E-state index contributed by atoms with van der Waals surface area (Å²) in [5, 5.41) is 0. The Kier molecular flexibility index (Phi) is 5.36. The molecule has 0 spiro atoms. The van der Waals surface area contributed by atoms with E-state index in [1.807, 2.05) is 13.0 Å². The third kappa shape index (κ3) is 4.48. The third-order valence-corrected chi connectivity index (χ3v) is 3.05. The topological polar surface area (TPSA) is 42.7 Å². The predicted molar refractivity (Wildman–Crippen MR) is 82.0 cm³/mol. The van der Waals surface area contributed by atoms with E-state index in [1.54, 1.807) is 37.4 Å². The number of furan rings is 1. The molecule has 0 atom stereocenters. The average molecular weight is 303 g/mol. The van der Waals surface area contributed by atoms with Gasteiger partial charge in [0.1, 0.15) is 18.1 Å². The number of aryl methyl sites for hydroxylation is 1. The van der Waals surface area contributed by atoms with Gasteiger partial charge in [-0.25, -0.2) is 4.39 Å². The van der Waals surface area contributed by atoms with E-state index in [0.29, 0.717) is 12.3 Å². The van der Waals surface area contributed by atoms with Gasteiger partial charge in [0.05, 0.1) is 6.54 Å². The largest absolute Gasteiger partial charge is 0.489 e. The van der Waals surface area contributed by atoms with Crippen LogP contribution in [0.25, 0.3) is 6.08 Å². The van der Waals surface area contributed by atoms with Crippen molar-refractivity contribution in [3.05, 3.63) is 59.8 Å². The van der Waals surface area contributed by atoms with Crippen molar-refractivity contribution < 1.29 is 18.3 Å². The lowest BCUT2D eigenvalue weighted by Gasteiger charge is -2.15. The van der Waals surface area contributed by atoms with Crippen LogP contribution in [0, 0.1) is 12.7 Å². The van der Waals surface area contributed by atoms with Gasteiger partial charge in [-0.2, -0.15) is 0 Å². The second-order valence-corrected chi connectivity index (χ2v) is 4.82. The van der Waals surface area contributed by atoms with Crippen molar-refractivity contribution in [2.45, 2.75) is 6.92 Å². The number of para-hydroxylation sites is 1. The van der Waals surface area contributed by atoms with Crippen LogP contribution in [-0.2, 0) is 4.79 Å². The fourth-order valence-electron chi connectivity index (χ4n) is 1.79. The van der Waals surface area contributed by atoms with Crippen LogP contribution in [0.2, 0.25) is 0 Å². The zero-order valence-electron chi connectivity index (χ0n) is 12.6. The number of hydrogen-bond acceptors (Lipinski definition) is 3. The Balaban J connectivity index is 1.79. The molecular weight excluding hydrogens is 285 g/mol. The van der Waals surface area contributed by atoms with Crippen molar-refractivity contribution in [2.75, 3.05) is 20.2 Å². The molecule has 5 heteroatoms. The van der Waals surface area contributed by atoms with Crippen LogP contribution in [0.4, 0.5) is 4.39 Å². The van der Waals surface area contributed by atoms with Crippen LogP contribution in [0.15, 0.2) is 46.9 Å². The Morgan fingerprint density at radius 1 is 1.32 bits per heavy atom. The van der Waals surface area contributed by atoms with E-state index in [9.17, 15) is 9.18 Å². The first kappa shape index (κ1) is 15.8. The molecule has 0 saturated carbocycles. The Bertz CT molecular complexity index is 663. The van der Waals surface area contributed by atoms with E-state index in [0.717, 1.165) is 5.76 Å². The molecule has 0 aliphatic carbocycles. The highest BCUT2D eigenvalue weighted by molar-refractivity contribution is 5.91. The van der Waals surface area contributed by atoms with Crippen molar-refractivity contribution in [3.8, 4) is 5.75 Å². The number of rotatable bonds is 6. The molecular formula is C17H18FNO3. The SMILES string of the molecule is Cc1ccc(/C=C/C(=O)N(C)CCOc2ccccc2F)o1. The minimum Gasteiger partial charge on any atom is -0.489 e. The first-order valence-electron chi connectivity index (χ1n) is 6.93. The van der Waals surface area contributed by atoms with E-state index < -0.39 is 5.82 Å². The Hall–Kier alpha value is -2.56. The summed E-state index contributed by atoms with van der Waals surface area (Å²) in [6.45, 7) is 2.41. The summed E-state index contributed by atoms with van der Waals surface area (Å²) in [6.07, 6.45) is 3.05. The summed E-state index contributed by atoms with van der Waals surface area (Å²) in [7, 11) is 1.66. The molecule has 0 fully saturated rings. The van der Waals surface area contributed by atoms with Crippen molar-refractivity contribution in [3.63, 3.8) is 0 Å². The molecule has 0 aliphatic rings. The standard InChI is InChI=1S/C17H18FNO3/c1-13-7-8-14(22-13)9-10-17(20)19(2)11-12-21-16-6-4-3-5-15(16)18/h3-10H,11-12H2,1-2H3/b10-9+. The zero-order valence-corrected chi connectivity index (χ0v) is 12.6. The quantitative estimate of drug-likeness (QED) is 0.769. The van der Waals surface area contributed by atoms with Gasteiger partial charge < -0.3 is 14.1 Å². The van der Waals surface area contributed by atoms with Crippen LogP contribution >= 0.6 is 0 Å². The fourth-order valence-corrected chi connectivity index (χ4v) is 1.79. The minimum atomic E-state index is -0.412. The van der Waals surface area contributed by atoms with Gasteiger partial charge >= 0.3 is 0 Å². The lowest BCUT2D eigenvalue weighted by atomic mass is 10.3. The molecule has 1 aromatic heterocycles. The Morgan fingerprint density at radius 3 is 2.77 bits per heavy atom.